The number of fused-ring (bicyclic) bond motifs is 3. The second kappa shape index (κ2) is 6.74. The van der Waals surface area contributed by atoms with Gasteiger partial charge in [0.1, 0.15) is 17.9 Å². The van der Waals surface area contributed by atoms with Crippen LogP contribution in [0.1, 0.15) is 24.0 Å². The van der Waals surface area contributed by atoms with Crippen molar-refractivity contribution in [3.05, 3.63) is 39.7 Å². The number of aliphatic carboxylic acids is 1. The third-order valence-corrected chi connectivity index (χ3v) is 4.00. The van der Waals surface area contributed by atoms with Crippen molar-refractivity contribution < 1.29 is 23.8 Å². The van der Waals surface area contributed by atoms with Crippen LogP contribution in [0.3, 0.4) is 0 Å². The summed E-state index contributed by atoms with van der Waals surface area (Å²) in [7, 11) is 0. The molecule has 0 fully saturated rings. The molecule has 0 saturated heterocycles. The molecule has 126 valence electrons. The quantitative estimate of drug-likeness (QED) is 0.799. The van der Waals surface area contributed by atoms with Crippen LogP contribution in [0, 0.1) is 0 Å². The van der Waals surface area contributed by atoms with E-state index in [2.05, 4.69) is 5.32 Å². The summed E-state index contributed by atoms with van der Waals surface area (Å²) in [5, 5.41) is 11.6. The molecule has 1 aliphatic rings. The lowest BCUT2D eigenvalue weighted by atomic mass is 9.91. The molecule has 0 aliphatic heterocycles. The number of carbonyl (C=O) groups excluding carboxylic acids is 1. The fourth-order valence-electron chi connectivity index (χ4n) is 2.89. The number of aryl methyl sites for hydroxylation is 1. The monoisotopic (exact) mass is 331 g/mol. The predicted molar refractivity (Wildman–Crippen MR) is 85.3 cm³/mol. The molecule has 7 nitrogen and oxygen atoms in total. The van der Waals surface area contributed by atoms with Gasteiger partial charge in [-0.3, -0.25) is 9.59 Å². The average Bonchev–Trinajstić information content (AvgIpc) is 2.58. The largest absolute Gasteiger partial charge is 0.484 e. The molecule has 0 saturated carbocycles. The van der Waals surface area contributed by atoms with Crippen molar-refractivity contribution >= 4 is 22.8 Å². The Morgan fingerprint density at radius 3 is 2.71 bits per heavy atom. The third kappa shape index (κ3) is 3.40. The standard InChI is InChI=1S/C17H17NO6/c19-15(18-8-16(20)21)9-23-10-5-6-12-11-3-1-2-4-13(11)17(22)24-14(12)7-10/h5-7H,1-4,8-9H2,(H,18,19)(H,20,21). The van der Waals surface area contributed by atoms with Crippen LogP contribution in [0.25, 0.3) is 11.0 Å². The van der Waals surface area contributed by atoms with E-state index in [9.17, 15) is 14.4 Å². The van der Waals surface area contributed by atoms with E-state index in [1.165, 1.54) is 0 Å². The van der Waals surface area contributed by atoms with Gasteiger partial charge >= 0.3 is 11.6 Å². The molecule has 2 N–H and O–H groups in total. The van der Waals surface area contributed by atoms with Gasteiger partial charge in [0.05, 0.1) is 0 Å². The maximum absolute atomic E-state index is 12.1. The van der Waals surface area contributed by atoms with Gasteiger partial charge in [-0.2, -0.15) is 0 Å². The van der Waals surface area contributed by atoms with Crippen LogP contribution in [0.15, 0.2) is 27.4 Å². The molecular weight excluding hydrogens is 314 g/mol. The Kier molecular flexibility index (Phi) is 4.50. The van der Waals surface area contributed by atoms with Gasteiger partial charge < -0.3 is 19.6 Å². The first-order valence-corrected chi connectivity index (χ1v) is 7.74. The SMILES string of the molecule is O=C(O)CNC(=O)COc1ccc2c3c(c(=O)oc2c1)CCCC3. The number of hydrogen-bond donors (Lipinski definition) is 2. The summed E-state index contributed by atoms with van der Waals surface area (Å²) in [6.45, 7) is -0.769. The molecule has 24 heavy (non-hydrogen) atoms. The Bertz CT molecular complexity index is 854. The normalized spacial score (nSPS) is 13.3. The molecule has 1 aromatic heterocycles. The summed E-state index contributed by atoms with van der Waals surface area (Å²) in [6.07, 6.45) is 3.65. The number of benzene rings is 1. The summed E-state index contributed by atoms with van der Waals surface area (Å²) < 4.78 is 10.7. The van der Waals surface area contributed by atoms with Crippen LogP contribution in [-0.2, 0) is 22.4 Å². The van der Waals surface area contributed by atoms with Crippen LogP contribution in [0.4, 0.5) is 0 Å². The number of ether oxygens (including phenoxy) is 1. The second-order valence-corrected chi connectivity index (χ2v) is 5.67. The lowest BCUT2D eigenvalue weighted by Crippen LogP contribution is -2.33. The number of amides is 1. The highest BCUT2D eigenvalue weighted by atomic mass is 16.5. The van der Waals surface area contributed by atoms with Crippen LogP contribution in [0.5, 0.6) is 5.75 Å². The lowest BCUT2D eigenvalue weighted by molar-refractivity contribution is -0.138. The fourth-order valence-corrected chi connectivity index (χ4v) is 2.89. The van der Waals surface area contributed by atoms with E-state index >= 15 is 0 Å². The first kappa shape index (κ1) is 16.0. The van der Waals surface area contributed by atoms with Gasteiger partial charge in [0, 0.05) is 17.0 Å². The van der Waals surface area contributed by atoms with E-state index in [-0.39, 0.29) is 12.2 Å². The molecule has 0 unspecified atom stereocenters. The van der Waals surface area contributed by atoms with Crippen LogP contribution < -0.4 is 15.7 Å². The minimum atomic E-state index is -1.12. The molecule has 1 aromatic carbocycles. The summed E-state index contributed by atoms with van der Waals surface area (Å²) in [4.78, 5) is 33.9. The Morgan fingerprint density at radius 2 is 1.96 bits per heavy atom. The predicted octanol–water partition coefficient (Wildman–Crippen LogP) is 1.25. The van der Waals surface area contributed by atoms with Gasteiger partial charge in [0.15, 0.2) is 6.61 Å². The smallest absolute Gasteiger partial charge is 0.339 e. The van der Waals surface area contributed by atoms with Crippen molar-refractivity contribution in [3.8, 4) is 5.75 Å². The maximum Gasteiger partial charge on any atom is 0.339 e. The van der Waals surface area contributed by atoms with Crippen molar-refractivity contribution in [1.82, 2.24) is 5.32 Å². The number of carboxylic acid groups (broad SMARTS) is 1. The maximum atomic E-state index is 12.1. The molecule has 1 heterocycles. The molecule has 3 rings (SSSR count). The van der Waals surface area contributed by atoms with E-state index < -0.39 is 18.4 Å². The van der Waals surface area contributed by atoms with E-state index in [1.54, 1.807) is 12.1 Å². The zero-order valence-corrected chi connectivity index (χ0v) is 13.0. The molecule has 1 aliphatic carbocycles. The summed E-state index contributed by atoms with van der Waals surface area (Å²) in [5.41, 5.74) is 1.92. The van der Waals surface area contributed by atoms with E-state index in [4.69, 9.17) is 14.3 Å². The van der Waals surface area contributed by atoms with E-state index in [1.807, 2.05) is 6.07 Å². The zero-order chi connectivity index (χ0) is 17.1. The first-order chi connectivity index (χ1) is 11.5. The second-order valence-electron chi connectivity index (χ2n) is 5.67. The van der Waals surface area contributed by atoms with Crippen molar-refractivity contribution in [2.24, 2.45) is 0 Å². The van der Waals surface area contributed by atoms with Crippen molar-refractivity contribution in [2.45, 2.75) is 25.7 Å². The topological polar surface area (TPSA) is 106 Å². The molecule has 0 bridgehead atoms. The van der Waals surface area contributed by atoms with Crippen molar-refractivity contribution in [1.29, 1.82) is 0 Å². The first-order valence-electron chi connectivity index (χ1n) is 7.74. The highest BCUT2D eigenvalue weighted by Crippen LogP contribution is 2.28. The number of carbonyl (C=O) groups is 2. The minimum Gasteiger partial charge on any atom is -0.484 e. The Labute approximate surface area is 137 Å². The zero-order valence-electron chi connectivity index (χ0n) is 13.0. The minimum absolute atomic E-state index is 0.312. The molecular formula is C17H17NO6. The van der Waals surface area contributed by atoms with Gasteiger partial charge in [-0.25, -0.2) is 4.79 Å². The van der Waals surface area contributed by atoms with Crippen LogP contribution in [0.2, 0.25) is 0 Å². The summed E-state index contributed by atoms with van der Waals surface area (Å²) in [6, 6.07) is 5.12. The number of carboxylic acids is 1. The molecule has 0 spiro atoms. The van der Waals surface area contributed by atoms with Crippen LogP contribution >= 0.6 is 0 Å². The molecule has 7 heteroatoms. The van der Waals surface area contributed by atoms with Gasteiger partial charge in [0.25, 0.3) is 5.91 Å². The molecule has 1 amide bonds. The number of rotatable bonds is 5. The van der Waals surface area contributed by atoms with Gasteiger partial charge in [-0.1, -0.05) is 0 Å². The average molecular weight is 331 g/mol. The third-order valence-electron chi connectivity index (χ3n) is 4.00. The Balaban J connectivity index is 1.78. The summed E-state index contributed by atoms with van der Waals surface area (Å²) >= 11 is 0. The molecule has 2 aromatic rings. The van der Waals surface area contributed by atoms with E-state index in [0.29, 0.717) is 11.3 Å². The highest BCUT2D eigenvalue weighted by molar-refractivity contribution is 5.84. The van der Waals surface area contributed by atoms with Crippen molar-refractivity contribution in [2.75, 3.05) is 13.2 Å². The molecule has 0 atom stereocenters. The van der Waals surface area contributed by atoms with Crippen LogP contribution in [-0.4, -0.2) is 30.1 Å². The van der Waals surface area contributed by atoms with Gasteiger partial charge in [-0.05, 0) is 43.4 Å². The fraction of sp³-hybridized carbons (Fsp3) is 0.353. The summed E-state index contributed by atoms with van der Waals surface area (Å²) in [5.74, 6) is -1.28. The number of hydrogen-bond acceptors (Lipinski definition) is 5. The number of nitrogens with one attached hydrogen (secondary N) is 1. The Hall–Kier alpha value is -2.83. The van der Waals surface area contributed by atoms with E-state index in [0.717, 1.165) is 42.2 Å². The van der Waals surface area contributed by atoms with Crippen molar-refractivity contribution in [3.63, 3.8) is 0 Å². The molecule has 0 radical (unpaired) electrons. The van der Waals surface area contributed by atoms with Gasteiger partial charge in [0.2, 0.25) is 0 Å². The van der Waals surface area contributed by atoms with Gasteiger partial charge in [-0.15, -0.1) is 0 Å². The Morgan fingerprint density at radius 1 is 1.21 bits per heavy atom. The highest BCUT2D eigenvalue weighted by Gasteiger charge is 2.18. The lowest BCUT2D eigenvalue weighted by Gasteiger charge is -2.16.